The third-order valence-corrected chi connectivity index (χ3v) is 5.82. The highest BCUT2D eigenvalue weighted by atomic mass is 16.1. The number of nitrogens with one attached hydrogen (secondary N) is 1. The Bertz CT molecular complexity index is 1010. The summed E-state index contributed by atoms with van der Waals surface area (Å²) in [7, 11) is 0. The van der Waals surface area contributed by atoms with Crippen molar-refractivity contribution in [3.8, 4) is 0 Å². The Morgan fingerprint density at radius 1 is 1.21 bits per heavy atom. The van der Waals surface area contributed by atoms with E-state index in [0.717, 1.165) is 42.7 Å². The normalized spacial score (nSPS) is 17.6. The van der Waals surface area contributed by atoms with Gasteiger partial charge in [0.2, 0.25) is 5.91 Å². The van der Waals surface area contributed by atoms with Crippen LogP contribution >= 0.6 is 0 Å². The average molecular weight is 390 g/mol. The summed E-state index contributed by atoms with van der Waals surface area (Å²) in [6.45, 7) is 2.43. The SMILES string of the molecule is C[C@H](C(=O)NCCc1nnc2ccccn12)c1ccc(C[C@H]2CCCC2=O)cc1. The number of nitrogens with zero attached hydrogens (tertiary/aromatic N) is 3. The smallest absolute Gasteiger partial charge is 0.227 e. The quantitative estimate of drug-likeness (QED) is 0.673. The molecule has 0 bridgehead atoms. The lowest BCUT2D eigenvalue weighted by atomic mass is 9.94. The first-order valence-electron chi connectivity index (χ1n) is 10.3. The van der Waals surface area contributed by atoms with Crippen molar-refractivity contribution >= 4 is 17.3 Å². The number of hydrogen-bond donors (Lipinski definition) is 1. The van der Waals surface area contributed by atoms with Gasteiger partial charge in [-0.15, -0.1) is 10.2 Å². The number of hydrogen-bond acceptors (Lipinski definition) is 4. The predicted molar refractivity (Wildman–Crippen MR) is 111 cm³/mol. The van der Waals surface area contributed by atoms with Crippen molar-refractivity contribution in [2.45, 2.75) is 44.9 Å². The number of carbonyl (C=O) groups excluding carboxylic acids is 2. The highest BCUT2D eigenvalue weighted by molar-refractivity contribution is 5.83. The molecule has 1 aliphatic rings. The van der Waals surface area contributed by atoms with Gasteiger partial charge in [-0.25, -0.2) is 0 Å². The molecule has 2 atom stereocenters. The maximum atomic E-state index is 12.5. The summed E-state index contributed by atoms with van der Waals surface area (Å²) < 4.78 is 1.93. The van der Waals surface area contributed by atoms with E-state index in [1.165, 1.54) is 5.56 Å². The van der Waals surface area contributed by atoms with Crippen LogP contribution in [0.5, 0.6) is 0 Å². The molecule has 6 nitrogen and oxygen atoms in total. The molecule has 4 rings (SSSR count). The van der Waals surface area contributed by atoms with Crippen LogP contribution in [-0.4, -0.2) is 32.8 Å². The van der Waals surface area contributed by atoms with E-state index < -0.39 is 0 Å². The van der Waals surface area contributed by atoms with Crippen molar-refractivity contribution in [1.29, 1.82) is 0 Å². The zero-order valence-corrected chi connectivity index (χ0v) is 16.7. The third kappa shape index (κ3) is 4.36. The van der Waals surface area contributed by atoms with Gasteiger partial charge in [0.15, 0.2) is 5.65 Å². The van der Waals surface area contributed by atoms with Gasteiger partial charge in [-0.2, -0.15) is 0 Å². The number of amides is 1. The van der Waals surface area contributed by atoms with Crippen LogP contribution in [0.25, 0.3) is 5.65 Å². The topological polar surface area (TPSA) is 76.4 Å². The fourth-order valence-electron chi connectivity index (χ4n) is 3.99. The van der Waals surface area contributed by atoms with Crippen LogP contribution in [-0.2, 0) is 22.4 Å². The number of fused-ring (bicyclic) bond motifs is 1. The first-order chi connectivity index (χ1) is 14.1. The lowest BCUT2D eigenvalue weighted by Gasteiger charge is -2.14. The number of benzene rings is 1. The second-order valence-corrected chi connectivity index (χ2v) is 7.81. The monoisotopic (exact) mass is 390 g/mol. The van der Waals surface area contributed by atoms with Crippen molar-refractivity contribution in [2.24, 2.45) is 5.92 Å². The van der Waals surface area contributed by atoms with Crippen molar-refractivity contribution in [3.05, 3.63) is 65.6 Å². The molecule has 2 aromatic heterocycles. The first-order valence-corrected chi connectivity index (χ1v) is 10.3. The Morgan fingerprint density at radius 2 is 2.03 bits per heavy atom. The van der Waals surface area contributed by atoms with Crippen LogP contribution in [0.4, 0.5) is 0 Å². The summed E-state index contributed by atoms with van der Waals surface area (Å²) in [4.78, 5) is 24.4. The van der Waals surface area contributed by atoms with E-state index in [-0.39, 0.29) is 17.7 Å². The maximum Gasteiger partial charge on any atom is 0.227 e. The van der Waals surface area contributed by atoms with Crippen molar-refractivity contribution in [3.63, 3.8) is 0 Å². The molecule has 2 heterocycles. The standard InChI is InChI=1S/C23H26N4O2/c1-16(18-10-8-17(9-11-18)15-19-5-4-6-20(19)28)23(29)24-13-12-22-26-25-21-7-2-3-14-27(21)22/h2-3,7-11,14,16,19H,4-6,12-13,15H2,1H3,(H,24,29)/t16-,19+/m0/s1. The third-order valence-electron chi connectivity index (χ3n) is 5.82. The van der Waals surface area contributed by atoms with Crippen LogP contribution in [0, 0.1) is 5.92 Å². The lowest BCUT2D eigenvalue weighted by Crippen LogP contribution is -2.30. The van der Waals surface area contributed by atoms with Gasteiger partial charge in [0.05, 0.1) is 5.92 Å². The first kappa shape index (κ1) is 19.3. The maximum absolute atomic E-state index is 12.5. The van der Waals surface area contributed by atoms with Gasteiger partial charge < -0.3 is 5.32 Å². The largest absolute Gasteiger partial charge is 0.355 e. The molecule has 1 N–H and O–H groups in total. The Labute approximate surface area is 170 Å². The summed E-state index contributed by atoms with van der Waals surface area (Å²) in [5.74, 6) is 1.17. The molecule has 1 aliphatic carbocycles. The Balaban J connectivity index is 1.30. The van der Waals surface area contributed by atoms with Gasteiger partial charge >= 0.3 is 0 Å². The van der Waals surface area contributed by atoms with Gasteiger partial charge in [-0.3, -0.25) is 14.0 Å². The molecule has 0 spiro atoms. The Kier molecular flexibility index (Phi) is 5.69. The average Bonchev–Trinajstić information content (AvgIpc) is 3.34. The van der Waals surface area contributed by atoms with E-state index in [4.69, 9.17) is 0 Å². The van der Waals surface area contributed by atoms with Gasteiger partial charge in [0.25, 0.3) is 0 Å². The molecule has 1 aromatic carbocycles. The number of aromatic nitrogens is 3. The summed E-state index contributed by atoms with van der Waals surface area (Å²) >= 11 is 0. The summed E-state index contributed by atoms with van der Waals surface area (Å²) in [5, 5.41) is 11.3. The molecule has 6 heteroatoms. The summed E-state index contributed by atoms with van der Waals surface area (Å²) in [6.07, 6.45) is 6.11. The molecular formula is C23H26N4O2. The number of Topliss-reactive ketones (excluding diaryl/α,β-unsaturated/α-hetero) is 1. The van der Waals surface area contributed by atoms with Crippen LogP contribution in [0.1, 0.15) is 49.1 Å². The Hall–Kier alpha value is -3.02. The number of ketones is 1. The Morgan fingerprint density at radius 3 is 2.79 bits per heavy atom. The van der Waals surface area contributed by atoms with Crippen LogP contribution in [0.3, 0.4) is 0 Å². The summed E-state index contributed by atoms with van der Waals surface area (Å²) in [5.41, 5.74) is 2.96. The van der Waals surface area contributed by atoms with E-state index in [0.29, 0.717) is 18.7 Å². The number of rotatable bonds is 7. The molecule has 1 amide bonds. The van der Waals surface area contributed by atoms with Crippen LogP contribution < -0.4 is 5.32 Å². The molecule has 29 heavy (non-hydrogen) atoms. The van der Waals surface area contributed by atoms with Gasteiger partial charge in [-0.1, -0.05) is 30.3 Å². The molecular weight excluding hydrogens is 364 g/mol. The van der Waals surface area contributed by atoms with E-state index in [1.54, 1.807) is 0 Å². The van der Waals surface area contributed by atoms with E-state index in [2.05, 4.69) is 15.5 Å². The minimum atomic E-state index is -0.229. The minimum Gasteiger partial charge on any atom is -0.355 e. The zero-order chi connectivity index (χ0) is 20.2. The molecule has 0 aliphatic heterocycles. The van der Waals surface area contributed by atoms with E-state index >= 15 is 0 Å². The predicted octanol–water partition coefficient (Wildman–Crippen LogP) is 3.10. The van der Waals surface area contributed by atoms with Crippen molar-refractivity contribution < 1.29 is 9.59 Å². The molecule has 3 aromatic rings. The van der Waals surface area contributed by atoms with Crippen molar-refractivity contribution in [2.75, 3.05) is 6.54 Å². The second-order valence-electron chi connectivity index (χ2n) is 7.81. The van der Waals surface area contributed by atoms with Gasteiger partial charge in [0, 0.05) is 31.5 Å². The second kappa shape index (κ2) is 8.55. The number of pyridine rings is 1. The molecule has 0 unspecified atom stereocenters. The molecule has 1 saturated carbocycles. The van der Waals surface area contributed by atoms with E-state index in [9.17, 15) is 9.59 Å². The molecule has 0 saturated heterocycles. The lowest BCUT2D eigenvalue weighted by molar-refractivity contribution is -0.122. The fourth-order valence-corrected chi connectivity index (χ4v) is 3.99. The van der Waals surface area contributed by atoms with Gasteiger partial charge in [-0.05, 0) is 49.4 Å². The van der Waals surface area contributed by atoms with Gasteiger partial charge in [0.1, 0.15) is 11.6 Å². The zero-order valence-electron chi connectivity index (χ0n) is 16.7. The summed E-state index contributed by atoms with van der Waals surface area (Å²) in [6, 6.07) is 13.9. The molecule has 0 radical (unpaired) electrons. The van der Waals surface area contributed by atoms with E-state index in [1.807, 2.05) is 60.0 Å². The fraction of sp³-hybridized carbons (Fsp3) is 0.391. The number of carbonyl (C=O) groups is 2. The van der Waals surface area contributed by atoms with Crippen LogP contribution in [0.15, 0.2) is 48.7 Å². The minimum absolute atomic E-state index is 0.00228. The highest BCUT2D eigenvalue weighted by Gasteiger charge is 2.24. The highest BCUT2D eigenvalue weighted by Crippen LogP contribution is 2.26. The van der Waals surface area contributed by atoms with Crippen LogP contribution in [0.2, 0.25) is 0 Å². The van der Waals surface area contributed by atoms with Crippen molar-refractivity contribution in [1.82, 2.24) is 19.9 Å². The molecule has 150 valence electrons. The molecule has 1 fully saturated rings.